The van der Waals surface area contributed by atoms with Gasteiger partial charge in [0.1, 0.15) is 0 Å². The van der Waals surface area contributed by atoms with Crippen molar-refractivity contribution in [1.29, 1.82) is 0 Å². The van der Waals surface area contributed by atoms with E-state index in [0.29, 0.717) is 10.8 Å². The Balaban J connectivity index is 0. The minimum Gasteiger partial charge on any atom is -0.343 e. The van der Waals surface area contributed by atoms with Gasteiger partial charge in [0.05, 0.1) is 0 Å². The maximum absolute atomic E-state index is 4.13. The Bertz CT molecular complexity index is 207. The van der Waals surface area contributed by atoms with E-state index in [1.54, 1.807) is 0 Å². The summed E-state index contributed by atoms with van der Waals surface area (Å²) in [5.74, 6) is 2.55. The van der Waals surface area contributed by atoms with E-state index < -0.39 is 0 Å². The molecule has 0 aliphatic heterocycles. The van der Waals surface area contributed by atoms with Gasteiger partial charge in [0.15, 0.2) is 0 Å². The Morgan fingerprint density at radius 2 is 1.56 bits per heavy atom. The van der Waals surface area contributed by atoms with E-state index in [-0.39, 0.29) is 32.7 Å². The topological polar surface area (TPSA) is 0 Å². The molecule has 1 fully saturated rings. The third-order valence-electron chi connectivity index (χ3n) is 3.55. The maximum atomic E-state index is 4.13. The van der Waals surface area contributed by atoms with E-state index in [0.717, 1.165) is 24.2 Å². The molecule has 18 heavy (non-hydrogen) atoms. The van der Waals surface area contributed by atoms with Crippen molar-refractivity contribution < 1.29 is 32.7 Å². The van der Waals surface area contributed by atoms with Gasteiger partial charge in [-0.3, -0.25) is 0 Å². The van der Waals surface area contributed by atoms with E-state index in [9.17, 15) is 0 Å². The van der Waals surface area contributed by atoms with E-state index in [4.69, 9.17) is 0 Å². The van der Waals surface area contributed by atoms with Crippen molar-refractivity contribution in [3.63, 3.8) is 0 Å². The molecule has 1 heteroatoms. The van der Waals surface area contributed by atoms with Crippen molar-refractivity contribution in [3.05, 3.63) is 13.3 Å². The van der Waals surface area contributed by atoms with Crippen LogP contribution in [-0.2, 0) is 32.7 Å². The van der Waals surface area contributed by atoms with Crippen LogP contribution in [0, 0.1) is 41.9 Å². The van der Waals surface area contributed by atoms with Crippen LogP contribution >= 0.6 is 0 Å². The van der Waals surface area contributed by atoms with Crippen LogP contribution in [0.4, 0.5) is 0 Å². The normalized spacial score (nSPS) is 24.5. The van der Waals surface area contributed by atoms with E-state index in [2.05, 4.69) is 54.9 Å². The first-order valence-corrected chi connectivity index (χ1v) is 7.30. The molecule has 1 radical (unpaired) electrons. The number of rotatable bonds is 3. The third-order valence-corrected chi connectivity index (χ3v) is 3.55. The first-order chi connectivity index (χ1) is 7.65. The standard InChI is InChI=1S/C15H28.C2H6.Y/c1-8-13(15(5,6)7)12-9-11(12)10-14(2,3)4;1-2;/h10-13H,1,8-9H2,2-7H3;1-2H3;/q-2;;. The molecular weight excluding hydrogens is 293 g/mol. The van der Waals surface area contributed by atoms with E-state index in [1.807, 2.05) is 13.8 Å². The molecule has 0 amide bonds. The summed E-state index contributed by atoms with van der Waals surface area (Å²) in [7, 11) is 0. The molecule has 0 nitrogen and oxygen atoms in total. The fourth-order valence-electron chi connectivity index (χ4n) is 2.82. The molecule has 1 saturated carbocycles. The minimum atomic E-state index is 0. The van der Waals surface area contributed by atoms with Gasteiger partial charge in [-0.1, -0.05) is 73.6 Å². The summed E-state index contributed by atoms with van der Waals surface area (Å²) in [5, 5.41) is 0. The number of hydrogen-bond donors (Lipinski definition) is 0. The summed E-state index contributed by atoms with van der Waals surface area (Å²) in [6.45, 7) is 22.1. The maximum Gasteiger partial charge on any atom is 0 e. The van der Waals surface area contributed by atoms with Gasteiger partial charge in [-0.05, 0) is 5.41 Å². The van der Waals surface area contributed by atoms with Crippen LogP contribution in [0.2, 0.25) is 0 Å². The fourth-order valence-corrected chi connectivity index (χ4v) is 2.82. The van der Waals surface area contributed by atoms with Crippen molar-refractivity contribution in [2.45, 2.75) is 68.2 Å². The summed E-state index contributed by atoms with van der Waals surface area (Å²) in [6.07, 6.45) is 5.03. The summed E-state index contributed by atoms with van der Waals surface area (Å²) < 4.78 is 0. The zero-order valence-electron chi connectivity index (χ0n) is 14.0. The van der Waals surface area contributed by atoms with Crippen molar-refractivity contribution in [2.75, 3.05) is 0 Å². The summed E-state index contributed by atoms with van der Waals surface area (Å²) in [6, 6.07) is 0. The van der Waals surface area contributed by atoms with Crippen LogP contribution in [0.5, 0.6) is 0 Å². The minimum absolute atomic E-state index is 0. The van der Waals surface area contributed by atoms with Crippen LogP contribution in [0.15, 0.2) is 0 Å². The summed E-state index contributed by atoms with van der Waals surface area (Å²) >= 11 is 0. The molecule has 0 spiro atoms. The van der Waals surface area contributed by atoms with E-state index >= 15 is 0 Å². The van der Waals surface area contributed by atoms with Crippen LogP contribution < -0.4 is 0 Å². The van der Waals surface area contributed by atoms with Crippen molar-refractivity contribution in [2.24, 2.45) is 28.6 Å². The summed E-state index contributed by atoms with van der Waals surface area (Å²) in [5.41, 5.74) is 0.801. The molecule has 1 aliphatic carbocycles. The van der Waals surface area contributed by atoms with E-state index in [1.165, 1.54) is 6.42 Å². The van der Waals surface area contributed by atoms with Crippen LogP contribution in [-0.4, -0.2) is 0 Å². The smallest absolute Gasteiger partial charge is 0 e. The molecule has 1 aliphatic rings. The van der Waals surface area contributed by atoms with Crippen LogP contribution in [0.25, 0.3) is 0 Å². The second kappa shape index (κ2) is 8.40. The largest absolute Gasteiger partial charge is 0.343 e. The molecule has 107 valence electrons. The van der Waals surface area contributed by atoms with Crippen LogP contribution in [0.1, 0.15) is 68.2 Å². The van der Waals surface area contributed by atoms with Gasteiger partial charge in [0, 0.05) is 32.7 Å². The molecule has 1 rings (SSSR count). The van der Waals surface area contributed by atoms with Gasteiger partial charge >= 0.3 is 0 Å². The third kappa shape index (κ3) is 7.63. The molecule has 3 atom stereocenters. The van der Waals surface area contributed by atoms with Gasteiger partial charge < -0.3 is 13.3 Å². The zero-order chi connectivity index (χ0) is 13.9. The molecule has 0 bridgehead atoms. The molecule has 0 N–H and O–H groups in total. The quantitative estimate of drug-likeness (QED) is 0.576. The average molecular weight is 327 g/mol. The van der Waals surface area contributed by atoms with Crippen molar-refractivity contribution in [3.8, 4) is 0 Å². The zero-order valence-corrected chi connectivity index (χ0v) is 16.8. The Kier molecular flexibility index (Phi) is 9.99. The molecule has 0 aromatic rings. The summed E-state index contributed by atoms with van der Waals surface area (Å²) in [4.78, 5) is 0. The fraction of sp³-hybridized carbons (Fsp3) is 0.882. The first-order valence-electron chi connectivity index (χ1n) is 7.30. The SMILES string of the molecule is CC.[CH2-]CC(C1CC1[CH-]C(C)(C)C)C(C)(C)C.[Y]. The van der Waals surface area contributed by atoms with Crippen molar-refractivity contribution >= 4 is 0 Å². The van der Waals surface area contributed by atoms with Gasteiger partial charge in [-0.2, -0.15) is 17.8 Å². The Labute approximate surface area is 142 Å². The Hall–Kier alpha value is 1.10. The monoisotopic (exact) mass is 327 g/mol. The predicted octanol–water partition coefficient (Wildman–Crippen LogP) is 5.78. The average Bonchev–Trinajstić information content (AvgIpc) is 2.83. The molecule has 0 aromatic heterocycles. The first kappa shape index (κ1) is 21.4. The second-order valence-electron chi connectivity index (χ2n) is 7.36. The molecule has 0 saturated heterocycles. The molecule has 0 aromatic carbocycles. The molecular formula is C17H34Y-2. The predicted molar refractivity (Wildman–Crippen MR) is 79.6 cm³/mol. The van der Waals surface area contributed by atoms with Gasteiger partial charge in [0.2, 0.25) is 0 Å². The molecule has 0 heterocycles. The van der Waals surface area contributed by atoms with Crippen molar-refractivity contribution in [1.82, 2.24) is 0 Å². The van der Waals surface area contributed by atoms with Gasteiger partial charge in [-0.15, -0.1) is 0 Å². The van der Waals surface area contributed by atoms with Crippen LogP contribution in [0.3, 0.4) is 0 Å². The molecule has 3 unspecified atom stereocenters. The Morgan fingerprint density at radius 1 is 1.11 bits per heavy atom. The Morgan fingerprint density at radius 3 is 1.83 bits per heavy atom. The number of hydrogen-bond acceptors (Lipinski definition) is 0. The second-order valence-corrected chi connectivity index (χ2v) is 7.36. The van der Waals surface area contributed by atoms with Gasteiger partial charge in [0.25, 0.3) is 0 Å². The van der Waals surface area contributed by atoms with Gasteiger partial charge in [-0.25, -0.2) is 0 Å².